The van der Waals surface area contributed by atoms with E-state index < -0.39 is 0 Å². The molecule has 116 valence electrons. The Balaban J connectivity index is 1.73. The van der Waals surface area contributed by atoms with E-state index in [1.54, 1.807) is 0 Å². The molecular formula is C16H31N3O. The summed E-state index contributed by atoms with van der Waals surface area (Å²) in [6.07, 6.45) is 9.77. The summed E-state index contributed by atoms with van der Waals surface area (Å²) in [5.41, 5.74) is 0. The number of hydrogen-bond acceptors (Lipinski definition) is 3. The second-order valence-electron chi connectivity index (χ2n) is 6.29. The number of rotatable bonds is 6. The van der Waals surface area contributed by atoms with Gasteiger partial charge in [0, 0.05) is 12.6 Å². The SMILES string of the molecule is CCCCN1CCCCC1CNC(=O)[C@H]1CCCCN1. The normalized spacial score (nSPS) is 28.2. The molecule has 0 aromatic rings. The fraction of sp³-hybridized carbons (Fsp3) is 0.938. The lowest BCUT2D eigenvalue weighted by Gasteiger charge is -2.36. The first kappa shape index (κ1) is 15.8. The number of likely N-dealkylation sites (tertiary alicyclic amines) is 1. The van der Waals surface area contributed by atoms with Gasteiger partial charge >= 0.3 is 0 Å². The second-order valence-corrected chi connectivity index (χ2v) is 6.29. The van der Waals surface area contributed by atoms with Crippen molar-refractivity contribution in [1.29, 1.82) is 0 Å². The maximum absolute atomic E-state index is 12.2. The Morgan fingerprint density at radius 3 is 2.85 bits per heavy atom. The van der Waals surface area contributed by atoms with E-state index in [9.17, 15) is 4.79 Å². The van der Waals surface area contributed by atoms with Crippen molar-refractivity contribution < 1.29 is 4.79 Å². The van der Waals surface area contributed by atoms with Gasteiger partial charge in [0.25, 0.3) is 0 Å². The van der Waals surface area contributed by atoms with Crippen LogP contribution in [0.3, 0.4) is 0 Å². The van der Waals surface area contributed by atoms with Gasteiger partial charge in [0.15, 0.2) is 0 Å². The molecule has 1 unspecified atom stereocenters. The molecule has 2 atom stereocenters. The zero-order chi connectivity index (χ0) is 14.2. The van der Waals surface area contributed by atoms with Gasteiger partial charge in [-0.3, -0.25) is 9.69 Å². The van der Waals surface area contributed by atoms with Crippen molar-refractivity contribution in [2.75, 3.05) is 26.2 Å². The Kier molecular flexibility index (Phi) is 6.80. The zero-order valence-electron chi connectivity index (χ0n) is 13.0. The van der Waals surface area contributed by atoms with Crippen molar-refractivity contribution in [3.05, 3.63) is 0 Å². The maximum Gasteiger partial charge on any atom is 0.237 e. The van der Waals surface area contributed by atoms with Crippen LogP contribution in [0.5, 0.6) is 0 Å². The average molecular weight is 281 g/mol. The molecule has 0 aliphatic carbocycles. The van der Waals surface area contributed by atoms with Crippen LogP contribution in [0.15, 0.2) is 0 Å². The molecule has 2 fully saturated rings. The van der Waals surface area contributed by atoms with Gasteiger partial charge in [0.05, 0.1) is 6.04 Å². The molecule has 4 heteroatoms. The molecule has 0 radical (unpaired) electrons. The minimum atomic E-state index is 0.0523. The first-order valence-corrected chi connectivity index (χ1v) is 8.56. The molecule has 0 spiro atoms. The predicted octanol–water partition coefficient (Wildman–Crippen LogP) is 1.90. The number of hydrogen-bond donors (Lipinski definition) is 2. The monoisotopic (exact) mass is 281 g/mol. The maximum atomic E-state index is 12.2. The molecule has 2 aliphatic rings. The highest BCUT2D eigenvalue weighted by Gasteiger charge is 2.24. The van der Waals surface area contributed by atoms with Crippen LogP contribution < -0.4 is 10.6 Å². The Labute approximate surface area is 123 Å². The second kappa shape index (κ2) is 8.63. The predicted molar refractivity (Wildman–Crippen MR) is 82.8 cm³/mol. The molecule has 2 heterocycles. The van der Waals surface area contributed by atoms with Crippen LogP contribution in [0, 0.1) is 0 Å². The van der Waals surface area contributed by atoms with Crippen LogP contribution >= 0.6 is 0 Å². The summed E-state index contributed by atoms with van der Waals surface area (Å²) in [6.45, 7) is 6.47. The highest BCUT2D eigenvalue weighted by molar-refractivity contribution is 5.81. The topological polar surface area (TPSA) is 44.4 Å². The quantitative estimate of drug-likeness (QED) is 0.781. The lowest BCUT2D eigenvalue weighted by molar-refractivity contribution is -0.124. The molecule has 2 saturated heterocycles. The summed E-state index contributed by atoms with van der Waals surface area (Å²) in [6, 6.07) is 0.610. The fourth-order valence-electron chi connectivity index (χ4n) is 3.36. The fourth-order valence-corrected chi connectivity index (χ4v) is 3.36. The summed E-state index contributed by atoms with van der Waals surface area (Å²) in [5.74, 6) is 0.214. The summed E-state index contributed by atoms with van der Waals surface area (Å²) in [7, 11) is 0. The molecule has 1 amide bonds. The van der Waals surface area contributed by atoms with Crippen LogP contribution in [0.2, 0.25) is 0 Å². The van der Waals surface area contributed by atoms with Crippen LogP contribution in [0.25, 0.3) is 0 Å². The number of carbonyl (C=O) groups is 1. The van der Waals surface area contributed by atoms with E-state index in [1.807, 2.05) is 0 Å². The van der Waals surface area contributed by atoms with E-state index in [2.05, 4.69) is 22.5 Å². The van der Waals surface area contributed by atoms with Crippen molar-refractivity contribution in [2.45, 2.75) is 70.4 Å². The first-order valence-electron chi connectivity index (χ1n) is 8.56. The van der Waals surface area contributed by atoms with Crippen LogP contribution in [0.1, 0.15) is 58.3 Å². The lowest BCUT2D eigenvalue weighted by atomic mass is 10.0. The third-order valence-corrected chi connectivity index (χ3v) is 4.69. The molecule has 2 N–H and O–H groups in total. The van der Waals surface area contributed by atoms with Gasteiger partial charge < -0.3 is 10.6 Å². The highest BCUT2D eigenvalue weighted by atomic mass is 16.2. The summed E-state index contributed by atoms with van der Waals surface area (Å²) >= 11 is 0. The summed E-state index contributed by atoms with van der Waals surface area (Å²) < 4.78 is 0. The van der Waals surface area contributed by atoms with Gasteiger partial charge in [-0.25, -0.2) is 0 Å². The van der Waals surface area contributed by atoms with Gasteiger partial charge in [0.1, 0.15) is 0 Å². The third kappa shape index (κ3) is 4.74. The number of unbranched alkanes of at least 4 members (excludes halogenated alkanes) is 1. The Morgan fingerprint density at radius 2 is 2.10 bits per heavy atom. The van der Waals surface area contributed by atoms with Crippen molar-refractivity contribution in [3.8, 4) is 0 Å². The van der Waals surface area contributed by atoms with Crippen molar-refractivity contribution in [3.63, 3.8) is 0 Å². The minimum Gasteiger partial charge on any atom is -0.353 e. The van der Waals surface area contributed by atoms with E-state index >= 15 is 0 Å². The minimum absolute atomic E-state index is 0.0523. The number of nitrogens with one attached hydrogen (secondary N) is 2. The van der Waals surface area contributed by atoms with Crippen molar-refractivity contribution in [1.82, 2.24) is 15.5 Å². The summed E-state index contributed by atoms with van der Waals surface area (Å²) in [5, 5.41) is 6.51. The molecule has 4 nitrogen and oxygen atoms in total. The van der Waals surface area contributed by atoms with E-state index in [0.717, 1.165) is 19.5 Å². The standard InChI is InChI=1S/C16H31N3O/c1-2-3-11-19-12-7-5-8-14(19)13-18-16(20)15-9-4-6-10-17-15/h14-15,17H,2-13H2,1H3,(H,18,20)/t14?,15-/m1/s1. The van der Waals surface area contributed by atoms with Crippen molar-refractivity contribution in [2.24, 2.45) is 0 Å². The van der Waals surface area contributed by atoms with E-state index in [0.29, 0.717) is 6.04 Å². The molecule has 0 bridgehead atoms. The molecule has 0 saturated carbocycles. The van der Waals surface area contributed by atoms with Gasteiger partial charge in [0.2, 0.25) is 5.91 Å². The number of nitrogens with zero attached hydrogens (tertiary/aromatic N) is 1. The molecule has 2 rings (SSSR count). The lowest BCUT2D eigenvalue weighted by Crippen LogP contribution is -2.51. The number of piperidine rings is 2. The highest BCUT2D eigenvalue weighted by Crippen LogP contribution is 2.17. The largest absolute Gasteiger partial charge is 0.353 e. The third-order valence-electron chi connectivity index (χ3n) is 4.69. The van der Waals surface area contributed by atoms with Gasteiger partial charge in [-0.15, -0.1) is 0 Å². The van der Waals surface area contributed by atoms with Gasteiger partial charge in [-0.1, -0.05) is 26.2 Å². The number of carbonyl (C=O) groups excluding carboxylic acids is 1. The van der Waals surface area contributed by atoms with Gasteiger partial charge in [-0.2, -0.15) is 0 Å². The smallest absolute Gasteiger partial charge is 0.237 e. The average Bonchev–Trinajstić information content (AvgIpc) is 2.52. The molecule has 0 aromatic carbocycles. The Hall–Kier alpha value is -0.610. The van der Waals surface area contributed by atoms with Crippen LogP contribution in [0.4, 0.5) is 0 Å². The van der Waals surface area contributed by atoms with Crippen LogP contribution in [-0.4, -0.2) is 49.1 Å². The number of amides is 1. The molecule has 20 heavy (non-hydrogen) atoms. The molecular weight excluding hydrogens is 250 g/mol. The Morgan fingerprint density at radius 1 is 1.25 bits per heavy atom. The summed E-state index contributed by atoms with van der Waals surface area (Å²) in [4.78, 5) is 14.8. The van der Waals surface area contributed by atoms with Crippen molar-refractivity contribution >= 4 is 5.91 Å². The van der Waals surface area contributed by atoms with Gasteiger partial charge in [-0.05, 0) is 51.7 Å². The first-order chi connectivity index (χ1) is 9.81. The molecule has 0 aromatic heterocycles. The van der Waals surface area contributed by atoms with E-state index in [1.165, 1.54) is 58.0 Å². The zero-order valence-corrected chi connectivity index (χ0v) is 13.0. The molecule has 2 aliphatic heterocycles. The van der Waals surface area contributed by atoms with E-state index in [4.69, 9.17) is 0 Å². The van der Waals surface area contributed by atoms with E-state index in [-0.39, 0.29) is 11.9 Å². The Bertz CT molecular complexity index is 289. The van der Waals surface area contributed by atoms with Crippen LogP contribution in [-0.2, 0) is 4.79 Å².